The molecule has 2 aromatic rings. The van der Waals surface area contributed by atoms with Gasteiger partial charge in [0.2, 0.25) is 0 Å². The number of benzene rings is 2. The summed E-state index contributed by atoms with van der Waals surface area (Å²) in [5.74, 6) is -0.522. The van der Waals surface area contributed by atoms with Crippen molar-refractivity contribution >= 4 is 5.97 Å². The average Bonchev–Trinajstić information content (AvgIpc) is 3.18. The van der Waals surface area contributed by atoms with E-state index in [9.17, 15) is 4.79 Å². The lowest BCUT2D eigenvalue weighted by molar-refractivity contribution is -0.145. The third-order valence-electron chi connectivity index (χ3n) is 5.82. The fraction of sp³-hybridized carbons (Fsp3) is 0.435. The highest BCUT2D eigenvalue weighted by atomic mass is 16.5. The van der Waals surface area contributed by atoms with E-state index in [2.05, 4.69) is 9.80 Å². The van der Waals surface area contributed by atoms with E-state index >= 15 is 0 Å². The Balaban J connectivity index is 1.36. The van der Waals surface area contributed by atoms with E-state index in [1.165, 1.54) is 19.4 Å². The maximum absolute atomic E-state index is 12.9. The summed E-state index contributed by atoms with van der Waals surface area (Å²) in [6.45, 7) is 5.87. The van der Waals surface area contributed by atoms with E-state index in [-0.39, 0.29) is 11.9 Å². The second-order valence-electron chi connectivity index (χ2n) is 7.55. The monoisotopic (exact) mass is 364 g/mol. The summed E-state index contributed by atoms with van der Waals surface area (Å²) >= 11 is 0. The molecule has 2 aliphatic rings. The lowest BCUT2D eigenvalue weighted by atomic mass is 9.91. The molecule has 142 valence electrons. The van der Waals surface area contributed by atoms with Crippen LogP contribution in [0.25, 0.3) is 0 Å². The molecule has 0 bridgehead atoms. The number of carbonyl (C=O) groups is 1. The smallest absolute Gasteiger partial charge is 0.317 e. The van der Waals surface area contributed by atoms with E-state index in [1.807, 2.05) is 60.7 Å². The van der Waals surface area contributed by atoms with E-state index in [4.69, 9.17) is 4.74 Å². The van der Waals surface area contributed by atoms with Crippen molar-refractivity contribution in [2.24, 2.45) is 0 Å². The van der Waals surface area contributed by atoms with Gasteiger partial charge in [-0.3, -0.25) is 14.6 Å². The van der Waals surface area contributed by atoms with Crippen molar-refractivity contribution in [3.8, 4) is 0 Å². The van der Waals surface area contributed by atoms with Crippen LogP contribution in [0.2, 0.25) is 0 Å². The predicted molar refractivity (Wildman–Crippen MR) is 107 cm³/mol. The molecule has 2 aromatic carbocycles. The molecular formula is C23H28N2O2. The van der Waals surface area contributed by atoms with Crippen molar-refractivity contribution in [3.05, 3.63) is 71.8 Å². The first-order valence-electron chi connectivity index (χ1n) is 10.0. The molecule has 27 heavy (non-hydrogen) atoms. The Morgan fingerprint density at radius 2 is 1.63 bits per heavy atom. The topological polar surface area (TPSA) is 32.8 Å². The number of rotatable bonds is 6. The molecular weight excluding hydrogens is 336 g/mol. The minimum absolute atomic E-state index is 0.160. The van der Waals surface area contributed by atoms with Gasteiger partial charge in [0.15, 0.2) is 0 Å². The molecule has 0 radical (unpaired) electrons. The average molecular weight is 364 g/mol. The van der Waals surface area contributed by atoms with E-state index in [1.54, 1.807) is 0 Å². The first kappa shape index (κ1) is 18.2. The van der Waals surface area contributed by atoms with Gasteiger partial charge in [0.1, 0.15) is 12.5 Å². The summed E-state index contributed by atoms with van der Waals surface area (Å²) in [7, 11) is 0. The maximum atomic E-state index is 12.9. The van der Waals surface area contributed by atoms with E-state index in [0.29, 0.717) is 12.6 Å². The zero-order chi connectivity index (χ0) is 18.5. The van der Waals surface area contributed by atoms with Crippen molar-refractivity contribution in [1.82, 2.24) is 9.80 Å². The molecule has 1 unspecified atom stereocenters. The number of hydrogen-bond donors (Lipinski definition) is 0. The number of nitrogens with zero attached hydrogens (tertiary/aromatic N) is 2. The van der Waals surface area contributed by atoms with Gasteiger partial charge in [0.05, 0.1) is 0 Å². The van der Waals surface area contributed by atoms with Gasteiger partial charge in [-0.05, 0) is 30.5 Å². The van der Waals surface area contributed by atoms with Crippen LogP contribution in [0.15, 0.2) is 60.7 Å². The molecule has 2 fully saturated rings. The third kappa shape index (κ3) is 4.40. The first-order chi connectivity index (χ1) is 13.3. The number of esters is 1. The van der Waals surface area contributed by atoms with Crippen molar-refractivity contribution in [3.63, 3.8) is 0 Å². The number of ether oxygens (including phenoxy) is 1. The summed E-state index contributed by atoms with van der Waals surface area (Å²) in [6, 6.07) is 20.5. The molecule has 4 rings (SSSR count). The highest BCUT2D eigenvalue weighted by molar-refractivity contribution is 5.82. The van der Waals surface area contributed by atoms with Crippen molar-refractivity contribution in [1.29, 1.82) is 0 Å². The predicted octanol–water partition coefficient (Wildman–Crippen LogP) is 3.14. The van der Waals surface area contributed by atoms with Gasteiger partial charge in [-0.15, -0.1) is 0 Å². The number of hydrogen-bond acceptors (Lipinski definition) is 4. The molecule has 0 aliphatic carbocycles. The van der Waals surface area contributed by atoms with Crippen LogP contribution >= 0.6 is 0 Å². The van der Waals surface area contributed by atoms with Crippen LogP contribution < -0.4 is 0 Å². The Morgan fingerprint density at radius 1 is 0.963 bits per heavy atom. The number of fused-ring (bicyclic) bond motifs is 1. The lowest BCUT2D eigenvalue weighted by Gasteiger charge is -2.37. The standard InChI is InChI=1S/C23H28N2O2/c26-23(27-17-16-24-14-15-25-13-7-12-21(25)18-24)22(19-8-3-1-4-9-19)20-10-5-2-6-11-20/h1-6,8-11,21-22H,7,12-18H2. The third-order valence-corrected chi connectivity index (χ3v) is 5.82. The fourth-order valence-electron chi connectivity index (χ4n) is 4.37. The van der Waals surface area contributed by atoms with Gasteiger partial charge in [-0.25, -0.2) is 0 Å². The Morgan fingerprint density at radius 3 is 2.30 bits per heavy atom. The highest BCUT2D eigenvalue weighted by Crippen LogP contribution is 2.26. The lowest BCUT2D eigenvalue weighted by Crippen LogP contribution is -2.50. The molecule has 0 spiro atoms. The zero-order valence-corrected chi connectivity index (χ0v) is 15.8. The van der Waals surface area contributed by atoms with Gasteiger partial charge in [0, 0.05) is 32.2 Å². The van der Waals surface area contributed by atoms with Crippen LogP contribution in [0, 0.1) is 0 Å². The fourth-order valence-corrected chi connectivity index (χ4v) is 4.37. The molecule has 0 saturated carbocycles. The van der Waals surface area contributed by atoms with Crippen LogP contribution in [0.3, 0.4) is 0 Å². The minimum Gasteiger partial charge on any atom is -0.464 e. The number of carbonyl (C=O) groups excluding carboxylic acids is 1. The Labute approximate surface area is 161 Å². The van der Waals surface area contributed by atoms with Gasteiger partial charge in [-0.2, -0.15) is 0 Å². The van der Waals surface area contributed by atoms with Gasteiger partial charge < -0.3 is 4.74 Å². The van der Waals surface area contributed by atoms with Crippen molar-refractivity contribution in [2.45, 2.75) is 24.8 Å². The Hall–Kier alpha value is -2.17. The van der Waals surface area contributed by atoms with Gasteiger partial charge in [-0.1, -0.05) is 60.7 Å². The molecule has 0 amide bonds. The summed E-state index contributed by atoms with van der Waals surface area (Å²) in [5, 5.41) is 0. The van der Waals surface area contributed by atoms with Crippen molar-refractivity contribution in [2.75, 3.05) is 39.3 Å². The van der Waals surface area contributed by atoms with E-state index in [0.717, 1.165) is 37.3 Å². The first-order valence-corrected chi connectivity index (χ1v) is 10.0. The summed E-state index contributed by atoms with van der Waals surface area (Å²) in [6.07, 6.45) is 2.63. The number of piperazine rings is 1. The normalized spacial score (nSPS) is 20.6. The van der Waals surface area contributed by atoms with Gasteiger partial charge in [0.25, 0.3) is 0 Å². The molecule has 0 N–H and O–H groups in total. The highest BCUT2D eigenvalue weighted by Gasteiger charge is 2.30. The van der Waals surface area contributed by atoms with E-state index < -0.39 is 0 Å². The Kier molecular flexibility index (Phi) is 5.85. The molecule has 4 heteroatoms. The molecule has 4 nitrogen and oxygen atoms in total. The second kappa shape index (κ2) is 8.68. The van der Waals surface area contributed by atoms with Gasteiger partial charge >= 0.3 is 5.97 Å². The zero-order valence-electron chi connectivity index (χ0n) is 15.8. The summed E-state index contributed by atoms with van der Waals surface area (Å²) < 4.78 is 5.73. The molecule has 2 saturated heterocycles. The Bertz CT molecular complexity index is 695. The largest absolute Gasteiger partial charge is 0.464 e. The van der Waals surface area contributed by atoms with Crippen LogP contribution in [0.1, 0.15) is 29.9 Å². The molecule has 2 heterocycles. The molecule has 2 aliphatic heterocycles. The summed E-state index contributed by atoms with van der Waals surface area (Å²) in [5.41, 5.74) is 1.96. The molecule has 0 aromatic heterocycles. The maximum Gasteiger partial charge on any atom is 0.317 e. The van der Waals surface area contributed by atoms with Crippen LogP contribution in [0.4, 0.5) is 0 Å². The minimum atomic E-state index is -0.362. The van der Waals surface area contributed by atoms with Crippen LogP contribution in [0.5, 0.6) is 0 Å². The van der Waals surface area contributed by atoms with Crippen LogP contribution in [-0.4, -0.2) is 61.1 Å². The summed E-state index contributed by atoms with van der Waals surface area (Å²) in [4.78, 5) is 18.0. The molecule has 1 atom stereocenters. The van der Waals surface area contributed by atoms with Crippen molar-refractivity contribution < 1.29 is 9.53 Å². The van der Waals surface area contributed by atoms with Crippen LogP contribution in [-0.2, 0) is 9.53 Å². The SMILES string of the molecule is O=C(OCCN1CCN2CCCC2C1)C(c1ccccc1)c1ccccc1. The quantitative estimate of drug-likeness (QED) is 0.737. The second-order valence-corrected chi connectivity index (χ2v) is 7.55.